The lowest BCUT2D eigenvalue weighted by molar-refractivity contribution is -0.123. The van der Waals surface area contributed by atoms with Gasteiger partial charge in [0.1, 0.15) is 0 Å². The minimum absolute atomic E-state index is 0.0654. The predicted molar refractivity (Wildman–Crippen MR) is 57.0 cm³/mol. The number of nitrogens with one attached hydrogen (secondary N) is 2. The second kappa shape index (κ2) is 6.27. The van der Waals surface area contributed by atoms with Crippen molar-refractivity contribution in [2.45, 2.75) is 25.3 Å². The van der Waals surface area contributed by atoms with Gasteiger partial charge in [-0.3, -0.25) is 4.79 Å². The van der Waals surface area contributed by atoms with Gasteiger partial charge >= 0.3 is 0 Å². The standard InChI is InChI=1S/C9H18N2OS/c1-13-7-6-11-9(12)8-4-2-3-5-10-8/h8,10H,2-7H2,1H3,(H,11,12). The maximum Gasteiger partial charge on any atom is 0.237 e. The topological polar surface area (TPSA) is 41.1 Å². The molecule has 3 nitrogen and oxygen atoms in total. The molecular weight excluding hydrogens is 184 g/mol. The van der Waals surface area contributed by atoms with Crippen LogP contribution < -0.4 is 10.6 Å². The number of amides is 1. The molecule has 1 rings (SSSR count). The maximum absolute atomic E-state index is 11.5. The zero-order chi connectivity index (χ0) is 9.52. The molecule has 0 saturated carbocycles. The van der Waals surface area contributed by atoms with Crippen LogP contribution >= 0.6 is 11.8 Å². The van der Waals surface area contributed by atoms with Crippen LogP contribution in [0.4, 0.5) is 0 Å². The summed E-state index contributed by atoms with van der Waals surface area (Å²) in [5.74, 6) is 1.17. The Kier molecular flexibility index (Phi) is 5.23. The number of hydrogen-bond donors (Lipinski definition) is 2. The Morgan fingerprint density at radius 1 is 1.62 bits per heavy atom. The summed E-state index contributed by atoms with van der Waals surface area (Å²) in [5.41, 5.74) is 0. The van der Waals surface area contributed by atoms with Gasteiger partial charge in [-0.25, -0.2) is 0 Å². The number of piperidine rings is 1. The third-order valence-electron chi connectivity index (χ3n) is 2.23. The van der Waals surface area contributed by atoms with Crippen molar-refractivity contribution in [2.24, 2.45) is 0 Å². The molecule has 0 radical (unpaired) electrons. The molecule has 0 aromatic carbocycles. The predicted octanol–water partition coefficient (Wildman–Crippen LogP) is 0.608. The average Bonchev–Trinajstić information content (AvgIpc) is 2.19. The molecule has 2 N–H and O–H groups in total. The van der Waals surface area contributed by atoms with Crippen LogP contribution in [0.2, 0.25) is 0 Å². The minimum atomic E-state index is 0.0654. The lowest BCUT2D eigenvalue weighted by Crippen LogP contribution is -2.47. The van der Waals surface area contributed by atoms with Crippen molar-refractivity contribution in [1.29, 1.82) is 0 Å². The highest BCUT2D eigenvalue weighted by molar-refractivity contribution is 7.98. The number of hydrogen-bond acceptors (Lipinski definition) is 3. The van der Waals surface area contributed by atoms with E-state index in [9.17, 15) is 4.79 Å². The fourth-order valence-electron chi connectivity index (χ4n) is 1.48. The molecule has 0 aromatic heterocycles. The van der Waals surface area contributed by atoms with E-state index in [1.807, 2.05) is 6.26 Å². The Labute approximate surface area is 84.0 Å². The maximum atomic E-state index is 11.5. The molecule has 0 aliphatic carbocycles. The van der Waals surface area contributed by atoms with Crippen LogP contribution in [0.25, 0.3) is 0 Å². The van der Waals surface area contributed by atoms with Crippen molar-refractivity contribution >= 4 is 17.7 Å². The third kappa shape index (κ3) is 4.00. The van der Waals surface area contributed by atoms with E-state index in [4.69, 9.17) is 0 Å². The second-order valence-electron chi connectivity index (χ2n) is 3.29. The number of thioether (sulfide) groups is 1. The van der Waals surface area contributed by atoms with Crippen molar-refractivity contribution in [1.82, 2.24) is 10.6 Å². The summed E-state index contributed by atoms with van der Waals surface area (Å²) < 4.78 is 0. The van der Waals surface area contributed by atoms with Crippen LogP contribution in [0.1, 0.15) is 19.3 Å². The highest BCUT2D eigenvalue weighted by Crippen LogP contribution is 2.06. The van der Waals surface area contributed by atoms with Gasteiger partial charge in [-0.1, -0.05) is 6.42 Å². The van der Waals surface area contributed by atoms with E-state index in [1.54, 1.807) is 11.8 Å². The van der Waals surface area contributed by atoms with Crippen LogP contribution in [0.5, 0.6) is 0 Å². The quantitative estimate of drug-likeness (QED) is 0.656. The zero-order valence-corrected chi connectivity index (χ0v) is 8.95. The Hall–Kier alpha value is -0.220. The van der Waals surface area contributed by atoms with Crippen molar-refractivity contribution < 1.29 is 4.79 Å². The molecule has 13 heavy (non-hydrogen) atoms. The first-order valence-corrected chi connectivity index (χ1v) is 6.24. The Morgan fingerprint density at radius 2 is 2.46 bits per heavy atom. The van der Waals surface area contributed by atoms with E-state index in [-0.39, 0.29) is 11.9 Å². The smallest absolute Gasteiger partial charge is 0.237 e. The normalized spacial score (nSPS) is 22.7. The van der Waals surface area contributed by atoms with Gasteiger partial charge in [0, 0.05) is 12.3 Å². The monoisotopic (exact) mass is 202 g/mol. The van der Waals surface area contributed by atoms with Crippen LogP contribution in [0, 0.1) is 0 Å². The summed E-state index contributed by atoms with van der Waals surface area (Å²) in [6.45, 7) is 1.78. The number of carbonyl (C=O) groups is 1. The Bertz CT molecular complexity index is 158. The largest absolute Gasteiger partial charge is 0.354 e. The molecule has 1 unspecified atom stereocenters. The minimum Gasteiger partial charge on any atom is -0.354 e. The van der Waals surface area contributed by atoms with E-state index in [0.29, 0.717) is 0 Å². The van der Waals surface area contributed by atoms with Crippen molar-refractivity contribution in [3.63, 3.8) is 0 Å². The molecular formula is C9H18N2OS. The molecule has 1 amide bonds. The van der Waals surface area contributed by atoms with Gasteiger partial charge in [0.2, 0.25) is 5.91 Å². The number of rotatable bonds is 4. The molecule has 1 aliphatic heterocycles. The van der Waals surface area contributed by atoms with E-state index in [0.717, 1.165) is 25.3 Å². The zero-order valence-electron chi connectivity index (χ0n) is 8.14. The molecule has 0 spiro atoms. The fourth-order valence-corrected chi connectivity index (χ4v) is 1.78. The molecule has 4 heteroatoms. The summed E-state index contributed by atoms with van der Waals surface area (Å²) in [4.78, 5) is 11.5. The molecule has 0 bridgehead atoms. The van der Waals surface area contributed by atoms with Gasteiger partial charge in [0.15, 0.2) is 0 Å². The van der Waals surface area contributed by atoms with E-state index in [2.05, 4.69) is 10.6 Å². The highest BCUT2D eigenvalue weighted by Gasteiger charge is 2.19. The average molecular weight is 202 g/mol. The molecule has 0 aromatic rings. The Balaban J connectivity index is 2.13. The van der Waals surface area contributed by atoms with Gasteiger partial charge < -0.3 is 10.6 Å². The highest BCUT2D eigenvalue weighted by atomic mass is 32.2. The summed E-state index contributed by atoms with van der Waals surface area (Å²) in [5, 5.41) is 6.16. The van der Waals surface area contributed by atoms with E-state index >= 15 is 0 Å². The lowest BCUT2D eigenvalue weighted by atomic mass is 10.0. The van der Waals surface area contributed by atoms with Crippen LogP contribution in [0.15, 0.2) is 0 Å². The van der Waals surface area contributed by atoms with E-state index in [1.165, 1.54) is 12.8 Å². The van der Waals surface area contributed by atoms with Gasteiger partial charge in [-0.2, -0.15) is 11.8 Å². The summed E-state index contributed by atoms with van der Waals surface area (Å²) in [7, 11) is 0. The summed E-state index contributed by atoms with van der Waals surface area (Å²) in [6, 6.07) is 0.0654. The van der Waals surface area contributed by atoms with Gasteiger partial charge in [0.25, 0.3) is 0 Å². The lowest BCUT2D eigenvalue weighted by Gasteiger charge is -2.22. The molecule has 1 heterocycles. The van der Waals surface area contributed by atoms with Crippen molar-refractivity contribution in [3.05, 3.63) is 0 Å². The summed E-state index contributed by atoms with van der Waals surface area (Å²) >= 11 is 1.76. The van der Waals surface area contributed by atoms with Crippen molar-refractivity contribution in [2.75, 3.05) is 25.1 Å². The third-order valence-corrected chi connectivity index (χ3v) is 2.84. The molecule has 1 atom stereocenters. The van der Waals surface area contributed by atoms with Crippen LogP contribution in [0.3, 0.4) is 0 Å². The van der Waals surface area contributed by atoms with Crippen LogP contribution in [-0.4, -0.2) is 37.0 Å². The molecule has 1 aliphatic rings. The van der Waals surface area contributed by atoms with Gasteiger partial charge in [0.05, 0.1) is 6.04 Å². The first-order valence-electron chi connectivity index (χ1n) is 4.84. The SMILES string of the molecule is CSCCNC(=O)C1CCCCN1. The molecule has 1 saturated heterocycles. The molecule has 1 fully saturated rings. The summed E-state index contributed by atoms with van der Waals surface area (Å²) in [6.07, 6.45) is 5.42. The first kappa shape index (κ1) is 10.9. The van der Waals surface area contributed by atoms with Gasteiger partial charge in [-0.05, 0) is 25.6 Å². The molecule has 76 valence electrons. The fraction of sp³-hybridized carbons (Fsp3) is 0.889. The Morgan fingerprint density at radius 3 is 3.08 bits per heavy atom. The van der Waals surface area contributed by atoms with E-state index < -0.39 is 0 Å². The number of carbonyl (C=O) groups excluding carboxylic acids is 1. The van der Waals surface area contributed by atoms with Crippen molar-refractivity contribution in [3.8, 4) is 0 Å². The van der Waals surface area contributed by atoms with Crippen LogP contribution in [-0.2, 0) is 4.79 Å². The van der Waals surface area contributed by atoms with Gasteiger partial charge in [-0.15, -0.1) is 0 Å². The second-order valence-corrected chi connectivity index (χ2v) is 4.27. The first-order chi connectivity index (χ1) is 6.34.